The van der Waals surface area contributed by atoms with E-state index in [2.05, 4.69) is 71.3 Å². The monoisotopic (exact) mass is 302 g/mol. The largest absolute Gasteiger partial charge is 0.293 e. The van der Waals surface area contributed by atoms with Crippen LogP contribution < -0.4 is 0 Å². The van der Waals surface area contributed by atoms with Crippen molar-refractivity contribution >= 4 is 17.1 Å². The van der Waals surface area contributed by atoms with E-state index in [4.69, 9.17) is 4.98 Å². The second-order valence-corrected chi connectivity index (χ2v) is 6.39. The number of para-hydroxylation sites is 3. The van der Waals surface area contributed by atoms with Gasteiger partial charge in [-0.15, -0.1) is 0 Å². The molecule has 0 atom stereocenters. The summed E-state index contributed by atoms with van der Waals surface area (Å²) >= 11 is 0. The SMILES string of the molecule is C(=C\C1CCCCC1)/c1nc2ccccc2n1-c1ccccc1. The maximum Gasteiger partial charge on any atom is 0.138 e. The molecule has 0 spiro atoms. The van der Waals surface area contributed by atoms with Crippen molar-refractivity contribution in [2.45, 2.75) is 32.1 Å². The predicted octanol–water partition coefficient (Wildman–Crippen LogP) is 5.62. The molecule has 23 heavy (non-hydrogen) atoms. The summed E-state index contributed by atoms with van der Waals surface area (Å²) in [6.45, 7) is 0. The summed E-state index contributed by atoms with van der Waals surface area (Å²) in [5, 5.41) is 0. The lowest BCUT2D eigenvalue weighted by Crippen LogP contribution is -2.03. The van der Waals surface area contributed by atoms with Gasteiger partial charge in [0.2, 0.25) is 0 Å². The number of nitrogens with zero attached hydrogens (tertiary/aromatic N) is 2. The highest BCUT2D eigenvalue weighted by atomic mass is 15.1. The number of rotatable bonds is 3. The molecule has 2 aromatic carbocycles. The van der Waals surface area contributed by atoms with Gasteiger partial charge in [-0.1, -0.05) is 55.7 Å². The fourth-order valence-electron chi connectivity index (χ4n) is 3.55. The first-order valence-corrected chi connectivity index (χ1v) is 8.63. The van der Waals surface area contributed by atoms with Crippen LogP contribution in [0, 0.1) is 5.92 Å². The Balaban J connectivity index is 1.77. The Hall–Kier alpha value is -2.35. The van der Waals surface area contributed by atoms with Crippen molar-refractivity contribution in [3.8, 4) is 5.69 Å². The molecule has 1 heterocycles. The van der Waals surface area contributed by atoms with Crippen LogP contribution in [0.25, 0.3) is 22.8 Å². The summed E-state index contributed by atoms with van der Waals surface area (Å²) < 4.78 is 2.26. The molecule has 0 amide bonds. The van der Waals surface area contributed by atoms with Gasteiger partial charge in [-0.2, -0.15) is 0 Å². The van der Waals surface area contributed by atoms with Crippen molar-refractivity contribution in [3.05, 3.63) is 66.5 Å². The highest BCUT2D eigenvalue weighted by molar-refractivity contribution is 5.80. The van der Waals surface area contributed by atoms with Crippen LogP contribution in [0.15, 0.2) is 60.7 Å². The van der Waals surface area contributed by atoms with Crippen LogP contribution >= 0.6 is 0 Å². The molecule has 4 rings (SSSR count). The number of imidazole rings is 1. The minimum atomic E-state index is 0.716. The molecule has 1 fully saturated rings. The lowest BCUT2D eigenvalue weighted by molar-refractivity contribution is 0.420. The van der Waals surface area contributed by atoms with Gasteiger partial charge in [-0.3, -0.25) is 4.57 Å². The molecule has 0 radical (unpaired) electrons. The number of benzene rings is 2. The van der Waals surface area contributed by atoms with Crippen LogP contribution in [0.1, 0.15) is 37.9 Å². The fraction of sp³-hybridized carbons (Fsp3) is 0.286. The van der Waals surface area contributed by atoms with Crippen molar-refractivity contribution in [2.75, 3.05) is 0 Å². The van der Waals surface area contributed by atoms with Crippen LogP contribution in [0.4, 0.5) is 0 Å². The normalized spacial score (nSPS) is 16.3. The van der Waals surface area contributed by atoms with E-state index in [1.807, 2.05) is 0 Å². The average Bonchev–Trinajstić information content (AvgIpc) is 3.00. The molecule has 2 nitrogen and oxygen atoms in total. The Bertz CT molecular complexity index is 808. The molecule has 0 bridgehead atoms. The van der Waals surface area contributed by atoms with Gasteiger partial charge in [0.25, 0.3) is 0 Å². The van der Waals surface area contributed by atoms with E-state index in [1.54, 1.807) is 0 Å². The van der Waals surface area contributed by atoms with Gasteiger partial charge in [0.1, 0.15) is 5.82 Å². The molecular weight excluding hydrogens is 280 g/mol. The molecular formula is C21H22N2. The summed E-state index contributed by atoms with van der Waals surface area (Å²) in [6, 6.07) is 18.9. The lowest BCUT2D eigenvalue weighted by Gasteiger charge is -2.17. The molecule has 1 aliphatic carbocycles. The minimum absolute atomic E-state index is 0.716. The van der Waals surface area contributed by atoms with Crippen LogP contribution in [-0.4, -0.2) is 9.55 Å². The molecule has 116 valence electrons. The first kappa shape index (κ1) is 14.3. The summed E-state index contributed by atoms with van der Waals surface area (Å²) in [6.07, 6.45) is 11.4. The Morgan fingerprint density at radius 2 is 1.61 bits per heavy atom. The third kappa shape index (κ3) is 2.94. The summed E-state index contributed by atoms with van der Waals surface area (Å²) in [5.74, 6) is 1.75. The van der Waals surface area contributed by atoms with Crippen molar-refractivity contribution in [1.82, 2.24) is 9.55 Å². The van der Waals surface area contributed by atoms with Crippen molar-refractivity contribution in [2.24, 2.45) is 5.92 Å². The van der Waals surface area contributed by atoms with Gasteiger partial charge in [0, 0.05) is 5.69 Å². The quantitative estimate of drug-likeness (QED) is 0.614. The van der Waals surface area contributed by atoms with Gasteiger partial charge >= 0.3 is 0 Å². The van der Waals surface area contributed by atoms with Gasteiger partial charge in [0.05, 0.1) is 11.0 Å². The molecule has 0 saturated heterocycles. The molecule has 0 N–H and O–H groups in total. The van der Waals surface area contributed by atoms with Gasteiger partial charge in [-0.25, -0.2) is 4.98 Å². The molecule has 2 heteroatoms. The number of fused-ring (bicyclic) bond motifs is 1. The number of aromatic nitrogens is 2. The molecule has 1 saturated carbocycles. The first-order chi connectivity index (χ1) is 11.4. The Morgan fingerprint density at radius 1 is 0.870 bits per heavy atom. The zero-order chi connectivity index (χ0) is 15.5. The molecule has 1 aromatic heterocycles. The first-order valence-electron chi connectivity index (χ1n) is 8.63. The molecule has 0 unspecified atom stereocenters. The number of hydrogen-bond donors (Lipinski definition) is 0. The number of allylic oxidation sites excluding steroid dienone is 1. The highest BCUT2D eigenvalue weighted by Crippen LogP contribution is 2.27. The average molecular weight is 302 g/mol. The third-order valence-corrected chi connectivity index (χ3v) is 4.77. The number of hydrogen-bond acceptors (Lipinski definition) is 1. The molecule has 3 aromatic rings. The summed E-state index contributed by atoms with van der Waals surface area (Å²) in [7, 11) is 0. The third-order valence-electron chi connectivity index (χ3n) is 4.77. The van der Waals surface area contributed by atoms with Gasteiger partial charge in [-0.05, 0) is 49.1 Å². The van der Waals surface area contributed by atoms with Crippen LogP contribution in [-0.2, 0) is 0 Å². The van der Waals surface area contributed by atoms with Crippen LogP contribution in [0.2, 0.25) is 0 Å². The van der Waals surface area contributed by atoms with E-state index in [0.29, 0.717) is 5.92 Å². The van der Waals surface area contributed by atoms with E-state index in [1.165, 1.54) is 43.3 Å². The molecule has 1 aliphatic rings. The van der Waals surface area contributed by atoms with Crippen LogP contribution in [0.3, 0.4) is 0 Å². The Morgan fingerprint density at radius 3 is 2.43 bits per heavy atom. The van der Waals surface area contributed by atoms with Crippen molar-refractivity contribution in [3.63, 3.8) is 0 Å². The second kappa shape index (κ2) is 6.41. The predicted molar refractivity (Wildman–Crippen MR) is 96.7 cm³/mol. The topological polar surface area (TPSA) is 17.8 Å². The van der Waals surface area contributed by atoms with Crippen LogP contribution in [0.5, 0.6) is 0 Å². The van der Waals surface area contributed by atoms with E-state index in [9.17, 15) is 0 Å². The zero-order valence-corrected chi connectivity index (χ0v) is 13.4. The maximum atomic E-state index is 4.85. The highest BCUT2D eigenvalue weighted by Gasteiger charge is 2.12. The molecule has 0 aliphatic heterocycles. The van der Waals surface area contributed by atoms with Crippen molar-refractivity contribution < 1.29 is 0 Å². The maximum absolute atomic E-state index is 4.85. The zero-order valence-electron chi connectivity index (χ0n) is 13.4. The van der Waals surface area contributed by atoms with Gasteiger partial charge < -0.3 is 0 Å². The van der Waals surface area contributed by atoms with Gasteiger partial charge in [0.15, 0.2) is 0 Å². The Labute approximate surface area is 137 Å². The van der Waals surface area contributed by atoms with E-state index >= 15 is 0 Å². The van der Waals surface area contributed by atoms with E-state index in [-0.39, 0.29) is 0 Å². The summed E-state index contributed by atoms with van der Waals surface area (Å²) in [5.41, 5.74) is 3.39. The standard InChI is InChI=1S/C21H22N2/c1-3-9-17(10-4-1)15-16-21-22-19-13-7-8-14-20(19)23(21)18-11-5-2-6-12-18/h2,5-8,11-17H,1,3-4,9-10H2/b16-15+. The fourth-order valence-corrected chi connectivity index (χ4v) is 3.55. The van der Waals surface area contributed by atoms with E-state index < -0.39 is 0 Å². The summed E-state index contributed by atoms with van der Waals surface area (Å²) in [4.78, 5) is 4.85. The van der Waals surface area contributed by atoms with E-state index in [0.717, 1.165) is 11.3 Å². The van der Waals surface area contributed by atoms with Crippen molar-refractivity contribution in [1.29, 1.82) is 0 Å². The second-order valence-electron chi connectivity index (χ2n) is 6.39. The smallest absolute Gasteiger partial charge is 0.138 e. The minimum Gasteiger partial charge on any atom is -0.293 e. The lowest BCUT2D eigenvalue weighted by atomic mass is 9.89. The Kier molecular flexibility index (Phi) is 3.97.